The van der Waals surface area contributed by atoms with E-state index >= 15 is 0 Å². The van der Waals surface area contributed by atoms with Gasteiger partial charge in [-0.3, -0.25) is 4.79 Å². The van der Waals surface area contributed by atoms with E-state index in [0.29, 0.717) is 16.9 Å². The molecule has 0 bridgehead atoms. The van der Waals surface area contributed by atoms with E-state index in [4.69, 9.17) is 15.9 Å². The predicted octanol–water partition coefficient (Wildman–Crippen LogP) is 3.84. The van der Waals surface area contributed by atoms with E-state index in [-0.39, 0.29) is 5.91 Å². The zero-order valence-electron chi connectivity index (χ0n) is 16.4. The van der Waals surface area contributed by atoms with Crippen LogP contribution in [0.5, 0.6) is 5.75 Å². The predicted molar refractivity (Wildman–Crippen MR) is 118 cm³/mol. The van der Waals surface area contributed by atoms with Crippen LogP contribution in [0.3, 0.4) is 0 Å². The van der Waals surface area contributed by atoms with Crippen LogP contribution in [-0.2, 0) is 4.79 Å². The molecule has 29 heavy (non-hydrogen) atoms. The quantitative estimate of drug-likeness (QED) is 0.365. The van der Waals surface area contributed by atoms with Gasteiger partial charge in [0.2, 0.25) is 5.91 Å². The number of amides is 1. The van der Waals surface area contributed by atoms with Gasteiger partial charge >= 0.3 is 0 Å². The van der Waals surface area contributed by atoms with Crippen molar-refractivity contribution in [2.45, 2.75) is 6.04 Å². The van der Waals surface area contributed by atoms with E-state index in [1.807, 2.05) is 48.5 Å². The van der Waals surface area contributed by atoms with Gasteiger partial charge in [-0.1, -0.05) is 36.4 Å². The minimum Gasteiger partial charge on any atom is -0.497 e. The third-order valence-corrected chi connectivity index (χ3v) is 4.73. The first-order valence-corrected chi connectivity index (χ1v) is 9.18. The molecule has 3 aromatic rings. The number of nitrogens with one attached hydrogen (secondary N) is 3. The summed E-state index contributed by atoms with van der Waals surface area (Å²) < 4.78 is 5.19. The molecule has 1 atom stereocenters. The molecule has 3 aromatic carbocycles. The molecule has 0 fully saturated rings. The summed E-state index contributed by atoms with van der Waals surface area (Å²) in [4.78, 5) is 12.8. The maximum atomic E-state index is 12.8. The standard InChI is InChI=1S/C23H24N4O2/c1-26-22(23(28)27-19-9-12-21(25)18(13-19)14-24)17-5-3-15(4-6-17)16-7-10-20(29-2)11-8-16/h3-14,22,24,26H,25H2,1-2H3,(H,27,28). The number of hydrogen-bond donors (Lipinski definition) is 4. The van der Waals surface area contributed by atoms with Crippen LogP contribution in [0.2, 0.25) is 0 Å². The first-order chi connectivity index (χ1) is 14.0. The van der Waals surface area contributed by atoms with Crippen LogP contribution in [0.1, 0.15) is 17.2 Å². The fraction of sp³-hybridized carbons (Fsp3) is 0.130. The third-order valence-electron chi connectivity index (χ3n) is 4.73. The molecule has 5 N–H and O–H groups in total. The van der Waals surface area contributed by atoms with Crippen LogP contribution in [0.25, 0.3) is 11.1 Å². The lowest BCUT2D eigenvalue weighted by molar-refractivity contribution is -0.118. The molecule has 0 spiro atoms. The second-order valence-corrected chi connectivity index (χ2v) is 6.55. The number of anilines is 2. The Bertz CT molecular complexity index is 998. The van der Waals surface area contributed by atoms with Gasteiger partial charge in [0.05, 0.1) is 7.11 Å². The summed E-state index contributed by atoms with van der Waals surface area (Å²) in [6.07, 6.45) is 1.17. The van der Waals surface area contributed by atoms with Crippen molar-refractivity contribution in [1.29, 1.82) is 5.41 Å². The summed E-state index contributed by atoms with van der Waals surface area (Å²) in [5.74, 6) is 0.622. The molecule has 0 aliphatic heterocycles. The van der Waals surface area contributed by atoms with Gasteiger partial charge in [-0.05, 0) is 54.1 Å². The average Bonchev–Trinajstić information content (AvgIpc) is 2.76. The first-order valence-electron chi connectivity index (χ1n) is 9.18. The van der Waals surface area contributed by atoms with Gasteiger partial charge < -0.3 is 26.5 Å². The Morgan fingerprint density at radius 1 is 1.03 bits per heavy atom. The highest BCUT2D eigenvalue weighted by atomic mass is 16.5. The van der Waals surface area contributed by atoms with E-state index in [1.165, 1.54) is 6.21 Å². The molecule has 0 radical (unpaired) electrons. The van der Waals surface area contributed by atoms with Gasteiger partial charge in [0, 0.05) is 23.2 Å². The minimum atomic E-state index is -0.513. The van der Waals surface area contributed by atoms with E-state index in [1.54, 1.807) is 32.4 Å². The number of ether oxygens (including phenoxy) is 1. The number of methoxy groups -OCH3 is 1. The SMILES string of the molecule is CNC(C(=O)Nc1ccc(N)c(C=N)c1)c1ccc(-c2ccc(OC)cc2)cc1. The molecular formula is C23H24N4O2. The second kappa shape index (κ2) is 9.03. The van der Waals surface area contributed by atoms with Crippen LogP contribution >= 0.6 is 0 Å². The molecule has 0 aromatic heterocycles. The Morgan fingerprint density at radius 2 is 1.66 bits per heavy atom. The number of carbonyl (C=O) groups is 1. The third kappa shape index (κ3) is 4.62. The number of hydrogen-bond acceptors (Lipinski definition) is 5. The lowest BCUT2D eigenvalue weighted by atomic mass is 10.00. The second-order valence-electron chi connectivity index (χ2n) is 6.55. The highest BCUT2D eigenvalue weighted by molar-refractivity contribution is 5.97. The lowest BCUT2D eigenvalue weighted by Gasteiger charge is -2.17. The van der Waals surface area contributed by atoms with Crippen LogP contribution in [-0.4, -0.2) is 26.3 Å². The molecular weight excluding hydrogens is 364 g/mol. The maximum absolute atomic E-state index is 12.8. The summed E-state index contributed by atoms with van der Waals surface area (Å²) in [7, 11) is 3.39. The largest absolute Gasteiger partial charge is 0.497 e. The van der Waals surface area contributed by atoms with Crippen LogP contribution in [0.15, 0.2) is 66.7 Å². The average molecular weight is 388 g/mol. The van der Waals surface area contributed by atoms with Crippen molar-refractivity contribution in [3.05, 3.63) is 77.9 Å². The van der Waals surface area contributed by atoms with Crippen molar-refractivity contribution >= 4 is 23.5 Å². The molecule has 0 aliphatic carbocycles. The Balaban J connectivity index is 1.76. The van der Waals surface area contributed by atoms with Gasteiger partial charge in [-0.15, -0.1) is 0 Å². The minimum absolute atomic E-state index is 0.189. The van der Waals surface area contributed by atoms with Crippen LogP contribution in [0.4, 0.5) is 11.4 Å². The Labute approximate surface area is 170 Å². The maximum Gasteiger partial charge on any atom is 0.246 e. The molecule has 0 heterocycles. The number of carbonyl (C=O) groups excluding carboxylic acids is 1. The molecule has 0 saturated carbocycles. The molecule has 3 rings (SSSR count). The Morgan fingerprint density at radius 3 is 2.21 bits per heavy atom. The number of nitrogen functional groups attached to an aromatic ring is 1. The summed E-state index contributed by atoms with van der Waals surface area (Å²) >= 11 is 0. The monoisotopic (exact) mass is 388 g/mol. The fourth-order valence-corrected chi connectivity index (χ4v) is 3.09. The Hall–Kier alpha value is -3.64. The summed E-state index contributed by atoms with van der Waals surface area (Å²) in [6.45, 7) is 0. The van der Waals surface area contributed by atoms with Gasteiger partial charge in [0.25, 0.3) is 0 Å². The van der Waals surface area contributed by atoms with Gasteiger partial charge in [0.15, 0.2) is 0 Å². The Kier molecular flexibility index (Phi) is 6.26. The van der Waals surface area contributed by atoms with E-state index in [2.05, 4.69) is 10.6 Å². The smallest absolute Gasteiger partial charge is 0.246 e. The molecule has 1 amide bonds. The van der Waals surface area contributed by atoms with E-state index < -0.39 is 6.04 Å². The van der Waals surface area contributed by atoms with Crippen molar-refractivity contribution < 1.29 is 9.53 Å². The van der Waals surface area contributed by atoms with Crippen molar-refractivity contribution in [3.63, 3.8) is 0 Å². The molecule has 6 nitrogen and oxygen atoms in total. The van der Waals surface area contributed by atoms with Crippen molar-refractivity contribution in [3.8, 4) is 16.9 Å². The first kappa shape index (κ1) is 20.1. The highest BCUT2D eigenvalue weighted by Gasteiger charge is 2.19. The number of rotatable bonds is 7. The molecule has 0 saturated heterocycles. The number of likely N-dealkylation sites (N-methyl/N-ethyl adjacent to an activating group) is 1. The van der Waals surface area contributed by atoms with Crippen molar-refractivity contribution in [1.82, 2.24) is 5.32 Å². The van der Waals surface area contributed by atoms with Gasteiger partial charge in [-0.2, -0.15) is 0 Å². The normalized spacial score (nSPS) is 11.5. The van der Waals surface area contributed by atoms with Crippen LogP contribution < -0.4 is 21.1 Å². The summed E-state index contributed by atoms with van der Waals surface area (Å²) in [5, 5.41) is 13.3. The highest BCUT2D eigenvalue weighted by Crippen LogP contribution is 2.25. The number of nitrogens with two attached hydrogens (primary N) is 1. The number of benzene rings is 3. The molecule has 1 unspecified atom stereocenters. The van der Waals surface area contributed by atoms with E-state index in [9.17, 15) is 4.79 Å². The topological polar surface area (TPSA) is 100 Å². The zero-order valence-corrected chi connectivity index (χ0v) is 16.4. The lowest BCUT2D eigenvalue weighted by Crippen LogP contribution is -2.30. The molecule has 0 aliphatic rings. The van der Waals surface area contributed by atoms with Crippen molar-refractivity contribution in [2.75, 3.05) is 25.2 Å². The molecule has 148 valence electrons. The van der Waals surface area contributed by atoms with E-state index in [0.717, 1.165) is 22.4 Å². The van der Waals surface area contributed by atoms with Gasteiger partial charge in [0.1, 0.15) is 11.8 Å². The van der Waals surface area contributed by atoms with Crippen LogP contribution in [0, 0.1) is 5.41 Å². The zero-order chi connectivity index (χ0) is 20.8. The molecule has 6 heteroatoms. The van der Waals surface area contributed by atoms with Gasteiger partial charge in [-0.25, -0.2) is 0 Å². The summed E-state index contributed by atoms with van der Waals surface area (Å²) in [6, 6.07) is 20.3. The summed E-state index contributed by atoms with van der Waals surface area (Å²) in [5.41, 5.74) is 10.4. The van der Waals surface area contributed by atoms with Crippen molar-refractivity contribution in [2.24, 2.45) is 0 Å². The fourth-order valence-electron chi connectivity index (χ4n) is 3.09.